The van der Waals surface area contributed by atoms with Crippen LogP contribution in [0.2, 0.25) is 0 Å². The van der Waals surface area contributed by atoms with E-state index in [2.05, 4.69) is 32.4 Å². The van der Waals surface area contributed by atoms with E-state index in [0.29, 0.717) is 10.3 Å². The lowest BCUT2D eigenvalue weighted by atomic mass is 10.0. The number of thiazole rings is 1. The van der Waals surface area contributed by atoms with Crippen LogP contribution in [0.5, 0.6) is 0 Å². The molecule has 8 heteroatoms. The van der Waals surface area contributed by atoms with E-state index in [9.17, 15) is 4.79 Å². The summed E-state index contributed by atoms with van der Waals surface area (Å²) in [6.07, 6.45) is 6.17. The predicted octanol–water partition coefficient (Wildman–Crippen LogP) is 3.06. The summed E-state index contributed by atoms with van der Waals surface area (Å²) in [5.74, 6) is 0.188. The van der Waals surface area contributed by atoms with E-state index in [4.69, 9.17) is 0 Å². The summed E-state index contributed by atoms with van der Waals surface area (Å²) in [5.41, 5.74) is 3.05. The fourth-order valence-electron chi connectivity index (χ4n) is 2.67. The lowest BCUT2D eigenvalue weighted by Crippen LogP contribution is -2.14. The first-order chi connectivity index (χ1) is 11.7. The first-order valence-electron chi connectivity index (χ1n) is 8.33. The maximum atomic E-state index is 12.1. The molecular formula is C16H21N5OS2. The van der Waals surface area contributed by atoms with Gasteiger partial charge < -0.3 is 5.32 Å². The number of thioether (sulfide) groups is 1. The zero-order chi connectivity index (χ0) is 16.9. The molecule has 24 heavy (non-hydrogen) atoms. The lowest BCUT2D eigenvalue weighted by Gasteiger charge is -2.06. The number of amides is 1. The fourth-order valence-corrected chi connectivity index (χ4v) is 4.34. The summed E-state index contributed by atoms with van der Waals surface area (Å²) < 4.78 is 0. The second-order valence-electron chi connectivity index (χ2n) is 5.63. The molecule has 1 N–H and O–H groups in total. The van der Waals surface area contributed by atoms with Crippen molar-refractivity contribution in [3.63, 3.8) is 0 Å². The monoisotopic (exact) mass is 363 g/mol. The van der Waals surface area contributed by atoms with Crippen LogP contribution in [-0.4, -0.2) is 31.8 Å². The molecule has 2 heterocycles. The number of aromatic nitrogens is 4. The molecule has 0 aromatic carbocycles. The van der Waals surface area contributed by atoms with Crippen LogP contribution in [0.3, 0.4) is 0 Å². The maximum Gasteiger partial charge on any atom is 0.236 e. The highest BCUT2D eigenvalue weighted by Crippen LogP contribution is 2.29. The highest BCUT2D eigenvalue weighted by atomic mass is 32.2. The third kappa shape index (κ3) is 4.10. The van der Waals surface area contributed by atoms with E-state index in [0.717, 1.165) is 42.8 Å². The van der Waals surface area contributed by atoms with Gasteiger partial charge in [0.25, 0.3) is 0 Å². The number of carbonyl (C=O) groups is 1. The Bertz CT molecular complexity index is 708. The number of hydrogen-bond donors (Lipinski definition) is 1. The van der Waals surface area contributed by atoms with Gasteiger partial charge in [-0.1, -0.05) is 25.6 Å². The van der Waals surface area contributed by atoms with E-state index < -0.39 is 0 Å². The number of rotatable bonds is 6. The number of aryl methyl sites for hydroxylation is 4. The van der Waals surface area contributed by atoms with Crippen LogP contribution in [0, 0.1) is 0 Å². The summed E-state index contributed by atoms with van der Waals surface area (Å²) in [5, 5.41) is 12.5. The van der Waals surface area contributed by atoms with Crippen molar-refractivity contribution >= 4 is 34.1 Å². The van der Waals surface area contributed by atoms with Crippen molar-refractivity contribution in [2.75, 3.05) is 11.1 Å². The molecule has 6 nitrogen and oxygen atoms in total. The van der Waals surface area contributed by atoms with Gasteiger partial charge in [-0.15, -0.1) is 16.4 Å². The van der Waals surface area contributed by atoms with Gasteiger partial charge in [0.1, 0.15) is 0 Å². The van der Waals surface area contributed by atoms with Crippen LogP contribution in [0.15, 0.2) is 5.16 Å². The van der Waals surface area contributed by atoms with Gasteiger partial charge in [-0.2, -0.15) is 5.10 Å². The van der Waals surface area contributed by atoms with Crippen molar-refractivity contribution in [2.45, 2.75) is 57.5 Å². The Balaban J connectivity index is 1.56. The highest BCUT2D eigenvalue weighted by Gasteiger charge is 2.16. The minimum atomic E-state index is -0.0766. The zero-order valence-electron chi connectivity index (χ0n) is 14.0. The van der Waals surface area contributed by atoms with Crippen LogP contribution in [0.25, 0.3) is 0 Å². The van der Waals surface area contributed by atoms with E-state index >= 15 is 0 Å². The van der Waals surface area contributed by atoms with Crippen LogP contribution in [0.1, 0.15) is 48.6 Å². The van der Waals surface area contributed by atoms with Crippen molar-refractivity contribution in [1.82, 2.24) is 20.2 Å². The number of fused-ring (bicyclic) bond motifs is 1. The number of nitrogens with one attached hydrogen (secondary N) is 1. The molecule has 0 spiro atoms. The second-order valence-corrected chi connectivity index (χ2v) is 7.65. The van der Waals surface area contributed by atoms with Gasteiger partial charge in [0, 0.05) is 4.88 Å². The topological polar surface area (TPSA) is 80.7 Å². The summed E-state index contributed by atoms with van der Waals surface area (Å²) in [6, 6.07) is 0. The zero-order valence-corrected chi connectivity index (χ0v) is 15.6. The Morgan fingerprint density at radius 1 is 1.12 bits per heavy atom. The van der Waals surface area contributed by atoms with Crippen molar-refractivity contribution in [3.05, 3.63) is 22.0 Å². The minimum Gasteiger partial charge on any atom is -0.301 e. The lowest BCUT2D eigenvalue weighted by molar-refractivity contribution is -0.113. The average Bonchev–Trinajstić information content (AvgIpc) is 3.01. The summed E-state index contributed by atoms with van der Waals surface area (Å²) in [6.45, 7) is 4.09. The molecule has 0 radical (unpaired) electrons. The SMILES string of the molecule is CCc1nnc(SCC(=O)Nc2nc3c(s2)CCCC3)nc1CC. The summed E-state index contributed by atoms with van der Waals surface area (Å²) in [4.78, 5) is 22.5. The molecule has 128 valence electrons. The van der Waals surface area contributed by atoms with Crippen molar-refractivity contribution in [1.29, 1.82) is 0 Å². The second kappa shape index (κ2) is 8.02. The van der Waals surface area contributed by atoms with Gasteiger partial charge in [-0.05, 0) is 38.5 Å². The highest BCUT2D eigenvalue weighted by molar-refractivity contribution is 7.99. The van der Waals surface area contributed by atoms with Gasteiger partial charge in [-0.3, -0.25) is 4.79 Å². The Morgan fingerprint density at radius 2 is 1.92 bits per heavy atom. The fraction of sp³-hybridized carbons (Fsp3) is 0.562. The Kier molecular flexibility index (Phi) is 5.78. The largest absolute Gasteiger partial charge is 0.301 e. The molecule has 0 atom stereocenters. The van der Waals surface area contributed by atoms with Crippen LogP contribution in [-0.2, 0) is 30.5 Å². The van der Waals surface area contributed by atoms with Crippen molar-refractivity contribution < 1.29 is 4.79 Å². The molecular weight excluding hydrogens is 342 g/mol. The molecule has 0 unspecified atom stereocenters. The predicted molar refractivity (Wildman–Crippen MR) is 96.7 cm³/mol. The van der Waals surface area contributed by atoms with Crippen molar-refractivity contribution in [3.8, 4) is 0 Å². The molecule has 0 aliphatic heterocycles. The quantitative estimate of drug-likeness (QED) is 0.795. The van der Waals surface area contributed by atoms with Gasteiger partial charge in [0.15, 0.2) is 5.13 Å². The van der Waals surface area contributed by atoms with Gasteiger partial charge in [0.05, 0.1) is 22.8 Å². The number of carbonyl (C=O) groups excluding carboxylic acids is 1. The van der Waals surface area contributed by atoms with E-state index in [1.165, 1.54) is 29.5 Å². The molecule has 2 aromatic heterocycles. The molecule has 1 amide bonds. The molecule has 0 bridgehead atoms. The summed E-state index contributed by atoms with van der Waals surface area (Å²) >= 11 is 2.91. The van der Waals surface area contributed by atoms with Crippen LogP contribution < -0.4 is 5.32 Å². The Hall–Kier alpha value is -1.54. The molecule has 1 aliphatic rings. The van der Waals surface area contributed by atoms with Gasteiger partial charge in [0.2, 0.25) is 11.1 Å². The molecule has 3 rings (SSSR count). The van der Waals surface area contributed by atoms with Gasteiger partial charge >= 0.3 is 0 Å². The molecule has 0 saturated heterocycles. The van der Waals surface area contributed by atoms with Crippen LogP contribution >= 0.6 is 23.1 Å². The van der Waals surface area contributed by atoms with E-state index in [-0.39, 0.29) is 11.7 Å². The normalized spacial score (nSPS) is 13.6. The minimum absolute atomic E-state index is 0.0766. The average molecular weight is 364 g/mol. The number of nitrogens with zero attached hydrogens (tertiary/aromatic N) is 4. The first-order valence-corrected chi connectivity index (χ1v) is 10.1. The third-order valence-corrected chi connectivity index (χ3v) is 5.82. The molecule has 0 fully saturated rings. The summed E-state index contributed by atoms with van der Waals surface area (Å²) in [7, 11) is 0. The first kappa shape index (κ1) is 17.3. The Morgan fingerprint density at radius 3 is 2.67 bits per heavy atom. The van der Waals surface area contributed by atoms with E-state index in [1.807, 2.05) is 6.92 Å². The smallest absolute Gasteiger partial charge is 0.236 e. The van der Waals surface area contributed by atoms with Crippen LogP contribution in [0.4, 0.5) is 5.13 Å². The third-order valence-electron chi connectivity index (χ3n) is 3.91. The van der Waals surface area contributed by atoms with Gasteiger partial charge in [-0.25, -0.2) is 9.97 Å². The van der Waals surface area contributed by atoms with E-state index in [1.54, 1.807) is 11.3 Å². The maximum absolute atomic E-state index is 12.1. The standard InChI is InChI=1S/C16H21N5OS2/c1-3-10-11(4-2)20-21-16(17-10)23-9-14(22)19-15-18-12-7-5-6-8-13(12)24-15/h3-9H2,1-2H3,(H,18,19,22). The number of anilines is 1. The molecule has 2 aromatic rings. The van der Waals surface area contributed by atoms with Crippen molar-refractivity contribution in [2.24, 2.45) is 0 Å². The number of hydrogen-bond acceptors (Lipinski definition) is 7. The Labute approximate surface area is 149 Å². The molecule has 0 saturated carbocycles. The molecule has 1 aliphatic carbocycles.